The topological polar surface area (TPSA) is 106 Å². The molecule has 10 nitrogen and oxygen atoms in total. The molecule has 1 saturated heterocycles. The number of allylic oxidation sites excluding steroid dienone is 1. The number of fused-ring (bicyclic) bond motifs is 8. The molecule has 58 heavy (non-hydrogen) atoms. The van der Waals surface area contributed by atoms with Crippen LogP contribution in [0.4, 0.5) is 11.4 Å². The van der Waals surface area contributed by atoms with Crippen LogP contribution in [0.1, 0.15) is 103 Å². The van der Waals surface area contributed by atoms with Crippen LogP contribution in [0.3, 0.4) is 0 Å². The molecule has 13 heteroatoms. The number of anilines is 2. The lowest BCUT2D eigenvalue weighted by Crippen LogP contribution is -2.53. The van der Waals surface area contributed by atoms with E-state index in [2.05, 4.69) is 72.8 Å². The second kappa shape index (κ2) is 13.2. The molecule has 1 atom stereocenters. The van der Waals surface area contributed by atoms with Crippen LogP contribution in [0.25, 0.3) is 11.1 Å². The fourth-order valence-corrected chi connectivity index (χ4v) is 12.7. The van der Waals surface area contributed by atoms with Crippen LogP contribution in [-0.2, 0) is 28.5 Å². The van der Waals surface area contributed by atoms with Crippen LogP contribution in [0.15, 0.2) is 36.4 Å². The number of halogens is 2. The molecule has 7 heterocycles. The second-order valence-corrected chi connectivity index (χ2v) is 20.4. The quantitative estimate of drug-likeness (QED) is 0.240. The van der Waals surface area contributed by atoms with Crippen molar-refractivity contribution in [2.24, 2.45) is 0 Å². The van der Waals surface area contributed by atoms with E-state index in [1.165, 1.54) is 11.3 Å². The van der Waals surface area contributed by atoms with Gasteiger partial charge in [0.05, 0.1) is 33.0 Å². The van der Waals surface area contributed by atoms with Crippen molar-refractivity contribution in [3.63, 3.8) is 0 Å². The Bertz CT molecular complexity index is 2510. The lowest BCUT2D eigenvalue weighted by atomic mass is 9.69. The van der Waals surface area contributed by atoms with Crippen molar-refractivity contribution in [3.8, 4) is 11.5 Å². The Morgan fingerprint density at radius 2 is 1.36 bits per heavy atom. The van der Waals surface area contributed by atoms with Crippen molar-refractivity contribution in [1.82, 2.24) is 15.1 Å². The van der Waals surface area contributed by atoms with E-state index >= 15 is 4.79 Å². The summed E-state index contributed by atoms with van der Waals surface area (Å²) in [7, 11) is -4.41. The summed E-state index contributed by atoms with van der Waals surface area (Å²) in [5.41, 5.74) is 8.46. The zero-order valence-electron chi connectivity index (χ0n) is 33.9. The van der Waals surface area contributed by atoms with Crippen LogP contribution in [0, 0.1) is 0 Å². The maximum atomic E-state index is 15.5. The second-order valence-electron chi connectivity index (χ2n) is 18.1. The number of amides is 1. The largest absolute Gasteiger partial charge is 0.456 e. The maximum absolute atomic E-state index is 15.5. The van der Waals surface area contributed by atoms with Crippen molar-refractivity contribution in [2.45, 2.75) is 83.3 Å². The highest BCUT2D eigenvalue weighted by atomic mass is 35.5. The summed E-state index contributed by atoms with van der Waals surface area (Å²) in [6.07, 6.45) is 8.50. The minimum Gasteiger partial charge on any atom is -0.456 e. The van der Waals surface area contributed by atoms with Gasteiger partial charge in [-0.25, -0.2) is 0 Å². The average molecular weight is 845 g/mol. The van der Waals surface area contributed by atoms with Gasteiger partial charge in [0.25, 0.3) is 16.0 Å². The first-order valence-corrected chi connectivity index (χ1v) is 23.2. The summed E-state index contributed by atoms with van der Waals surface area (Å²) < 4.78 is 43.4. The summed E-state index contributed by atoms with van der Waals surface area (Å²) in [6.45, 7) is 17.1. The maximum Gasteiger partial charge on any atom is 0.269 e. The predicted octanol–water partition coefficient (Wildman–Crippen LogP) is 7.91. The van der Waals surface area contributed by atoms with E-state index in [0.29, 0.717) is 52.0 Å². The van der Waals surface area contributed by atoms with Crippen LogP contribution in [0.5, 0.6) is 11.5 Å². The zero-order chi connectivity index (χ0) is 40.7. The molecule has 3 aromatic carbocycles. The van der Waals surface area contributed by atoms with Crippen molar-refractivity contribution < 1.29 is 22.5 Å². The lowest BCUT2D eigenvalue weighted by molar-refractivity contribution is 0.0629. The summed E-state index contributed by atoms with van der Waals surface area (Å²) in [5.74, 6) is 0.728. The molecule has 0 aromatic heterocycles. The van der Waals surface area contributed by atoms with Gasteiger partial charge in [-0.1, -0.05) is 42.3 Å². The average Bonchev–Trinajstić information content (AvgIpc) is 3.44. The standard InChI is InChI=1S/C45H51Cl2N5O5S/c1-6-26-23-43(2,3)50-15-7-9-28-38(50)30(26)21-32-40(28)57-41-29-10-8-16-51-39(29)31(27(24-44(51,4)5)25-58(54,55)56)22-33(41)45(32)37-35(47)12-11-34(46)36(37)42(53)52(45)20-19-49-17-13-48-14-18-49/h11-12,21-24,48H,6-10,13-20,25H2,1-5H3,(H,54,55,56). The van der Waals surface area contributed by atoms with E-state index in [0.717, 1.165) is 110 Å². The summed E-state index contributed by atoms with van der Waals surface area (Å²) in [6, 6.07) is 7.84. The van der Waals surface area contributed by atoms with Crippen molar-refractivity contribution in [2.75, 3.05) is 67.9 Å². The Morgan fingerprint density at radius 3 is 1.93 bits per heavy atom. The highest BCUT2D eigenvalue weighted by Gasteiger charge is 2.60. The highest BCUT2D eigenvalue weighted by molar-refractivity contribution is 7.86. The molecule has 1 spiro atoms. The van der Waals surface area contributed by atoms with Crippen molar-refractivity contribution >= 4 is 61.7 Å². The molecular weight excluding hydrogens is 793 g/mol. The summed E-state index contributed by atoms with van der Waals surface area (Å²) in [5, 5.41) is 4.22. The van der Waals surface area contributed by atoms with Gasteiger partial charge < -0.3 is 24.8 Å². The Morgan fingerprint density at radius 1 is 0.810 bits per heavy atom. The number of nitrogens with zero attached hydrogens (tertiary/aromatic N) is 4. The van der Waals surface area contributed by atoms with Crippen LogP contribution in [0.2, 0.25) is 10.0 Å². The monoisotopic (exact) mass is 843 g/mol. The number of nitrogens with one attached hydrogen (secondary N) is 1. The highest BCUT2D eigenvalue weighted by Crippen LogP contribution is 2.65. The van der Waals surface area contributed by atoms with E-state index in [1.807, 2.05) is 11.0 Å². The van der Waals surface area contributed by atoms with Gasteiger partial charge in [-0.05, 0) is 95.2 Å². The minimum atomic E-state index is -4.41. The molecule has 3 aromatic rings. The Kier molecular flexibility index (Phi) is 8.79. The summed E-state index contributed by atoms with van der Waals surface area (Å²) in [4.78, 5) is 24.7. The van der Waals surface area contributed by atoms with Crippen LogP contribution in [-0.4, -0.2) is 97.9 Å². The molecule has 2 N–H and O–H groups in total. The minimum absolute atomic E-state index is 0.195. The molecule has 10 rings (SSSR count). The molecule has 306 valence electrons. The first-order chi connectivity index (χ1) is 27.6. The normalized spacial score (nSPS) is 23.7. The van der Waals surface area contributed by atoms with E-state index in [-0.39, 0.29) is 11.4 Å². The fraction of sp³-hybridized carbons (Fsp3) is 0.489. The van der Waals surface area contributed by atoms with E-state index in [1.54, 1.807) is 12.1 Å². The number of hydrogen-bond acceptors (Lipinski definition) is 8. The molecule has 0 bridgehead atoms. The van der Waals surface area contributed by atoms with Gasteiger partial charge in [0.1, 0.15) is 22.8 Å². The molecule has 1 amide bonds. The van der Waals surface area contributed by atoms with Gasteiger partial charge in [0.15, 0.2) is 0 Å². The Labute approximate surface area is 351 Å². The number of ether oxygens (including phenoxy) is 1. The van der Waals surface area contributed by atoms with Crippen LogP contribution < -0.4 is 19.9 Å². The predicted molar refractivity (Wildman–Crippen MR) is 232 cm³/mol. The Balaban J connectivity index is 1.35. The molecule has 0 radical (unpaired) electrons. The van der Waals surface area contributed by atoms with Gasteiger partial charge in [0.2, 0.25) is 0 Å². The first-order valence-electron chi connectivity index (χ1n) is 20.8. The molecule has 0 aliphatic carbocycles. The molecule has 0 saturated carbocycles. The van der Waals surface area contributed by atoms with Crippen molar-refractivity contribution in [1.29, 1.82) is 0 Å². The van der Waals surface area contributed by atoms with E-state index < -0.39 is 26.9 Å². The fourth-order valence-electron chi connectivity index (χ4n) is 11.5. The third kappa shape index (κ3) is 5.45. The number of benzene rings is 3. The van der Waals surface area contributed by atoms with Crippen LogP contribution >= 0.6 is 23.2 Å². The third-order valence-corrected chi connectivity index (χ3v) is 15.2. The Hall–Kier alpha value is -3.58. The van der Waals surface area contributed by atoms with Gasteiger partial charge in [-0.15, -0.1) is 0 Å². The number of rotatable bonds is 6. The third-order valence-electron chi connectivity index (χ3n) is 13.9. The van der Waals surface area contributed by atoms with E-state index in [4.69, 9.17) is 27.9 Å². The number of piperazine rings is 1. The first kappa shape index (κ1) is 38.6. The van der Waals surface area contributed by atoms with Crippen molar-refractivity contribution in [3.05, 3.63) is 91.0 Å². The van der Waals surface area contributed by atoms with Gasteiger partial charge in [0, 0.05) is 96.3 Å². The van der Waals surface area contributed by atoms with Gasteiger partial charge >= 0.3 is 0 Å². The molecule has 1 unspecified atom stereocenters. The molecule has 7 aliphatic rings. The number of carbonyl (C=O) groups excluding carboxylic acids is 1. The number of hydrogen-bond donors (Lipinski definition) is 2. The lowest BCUT2D eigenvalue weighted by Gasteiger charge is -2.52. The molecule has 1 fully saturated rings. The zero-order valence-corrected chi connectivity index (χ0v) is 36.2. The van der Waals surface area contributed by atoms with Gasteiger partial charge in [-0.2, -0.15) is 8.42 Å². The molecule has 7 aliphatic heterocycles. The van der Waals surface area contributed by atoms with E-state index in [9.17, 15) is 13.0 Å². The summed E-state index contributed by atoms with van der Waals surface area (Å²) >= 11 is 14.6. The SMILES string of the molecule is CCC1=CC(C)(C)N2CCCc3c4c(cc1c32)C1(c2cc3c5c(c2O4)CCCN5C(C)(C)C=C3CS(=O)(=O)O)c2c(Cl)ccc(Cl)c2C(=O)N1CCN1CCNCC1. The number of carbonyl (C=O) groups is 1. The van der Waals surface area contributed by atoms with Gasteiger partial charge in [-0.3, -0.25) is 14.2 Å². The smallest absolute Gasteiger partial charge is 0.269 e. The molecular formula is C45H51Cl2N5O5S.